The molecule has 1 N–H and O–H groups in total. The number of nitrogens with one attached hydrogen (secondary N) is 1. The van der Waals surface area contributed by atoms with Crippen LogP contribution in [0, 0.1) is 0 Å². The maximum atomic E-state index is 11.2. The van der Waals surface area contributed by atoms with Gasteiger partial charge in [0.2, 0.25) is 0 Å². The molecule has 0 aliphatic rings. The van der Waals surface area contributed by atoms with Crippen LogP contribution in [0.3, 0.4) is 0 Å². The van der Waals surface area contributed by atoms with Crippen LogP contribution in [0.1, 0.15) is 38.3 Å². The van der Waals surface area contributed by atoms with Gasteiger partial charge in [0.15, 0.2) is 0 Å². The highest BCUT2D eigenvalue weighted by atomic mass is 16.1. The van der Waals surface area contributed by atoms with Crippen molar-refractivity contribution in [2.45, 2.75) is 39.0 Å². The molecule has 0 aromatic carbocycles. The van der Waals surface area contributed by atoms with E-state index in [1.54, 1.807) is 12.4 Å². The molecule has 0 spiro atoms. The predicted octanol–water partition coefficient (Wildman–Crippen LogP) is 1.89. The zero-order valence-electron chi connectivity index (χ0n) is 8.05. The van der Waals surface area contributed by atoms with Gasteiger partial charge in [-0.25, -0.2) is 0 Å². The largest absolute Gasteiger partial charge is 0.326 e. The molecule has 1 rings (SSSR count). The number of aryl methyl sites for hydroxylation is 1. The Balaban J connectivity index is 2.37. The molecule has 13 heavy (non-hydrogen) atoms. The first-order valence-corrected chi connectivity index (χ1v) is 4.87. The topological polar surface area (TPSA) is 45.8 Å². The van der Waals surface area contributed by atoms with Crippen molar-refractivity contribution in [3.8, 4) is 0 Å². The van der Waals surface area contributed by atoms with E-state index >= 15 is 0 Å². The average molecular weight is 180 g/mol. The van der Waals surface area contributed by atoms with Crippen LogP contribution in [-0.4, -0.2) is 9.97 Å². The van der Waals surface area contributed by atoms with Gasteiger partial charge in [-0.15, -0.1) is 0 Å². The summed E-state index contributed by atoms with van der Waals surface area (Å²) in [6.45, 7) is 2.17. The summed E-state index contributed by atoms with van der Waals surface area (Å²) in [5.74, 6) is 0. The van der Waals surface area contributed by atoms with Gasteiger partial charge in [-0.2, -0.15) is 0 Å². The van der Waals surface area contributed by atoms with Gasteiger partial charge in [-0.05, 0) is 12.8 Å². The van der Waals surface area contributed by atoms with Gasteiger partial charge in [-0.3, -0.25) is 9.78 Å². The molecule has 3 nitrogen and oxygen atoms in total. The molecule has 0 saturated heterocycles. The minimum atomic E-state index is -0.0426. The molecule has 0 amide bonds. The summed E-state index contributed by atoms with van der Waals surface area (Å²) in [6.07, 6.45) is 8.72. The fraction of sp³-hybridized carbons (Fsp3) is 0.600. The molecule has 0 radical (unpaired) electrons. The molecule has 1 aromatic rings. The lowest BCUT2D eigenvalue weighted by molar-refractivity contribution is 0.657. The molecule has 0 aliphatic heterocycles. The van der Waals surface area contributed by atoms with Crippen molar-refractivity contribution >= 4 is 0 Å². The van der Waals surface area contributed by atoms with Crippen LogP contribution in [0.15, 0.2) is 17.2 Å². The van der Waals surface area contributed by atoms with Gasteiger partial charge in [-0.1, -0.05) is 26.2 Å². The highest BCUT2D eigenvalue weighted by Gasteiger charge is 1.98. The molecule has 1 aromatic heterocycles. The smallest absolute Gasteiger partial charge is 0.269 e. The Bertz CT molecular complexity index is 293. The van der Waals surface area contributed by atoms with E-state index in [0.29, 0.717) is 5.69 Å². The lowest BCUT2D eigenvalue weighted by Gasteiger charge is -1.97. The van der Waals surface area contributed by atoms with E-state index in [2.05, 4.69) is 16.9 Å². The van der Waals surface area contributed by atoms with Gasteiger partial charge in [0.05, 0.1) is 0 Å². The Kier molecular flexibility index (Phi) is 4.23. The molecule has 1 heterocycles. The number of aromatic amines is 1. The SMILES string of the molecule is CCCCCCc1ncc[nH]c1=O. The third-order valence-corrected chi connectivity index (χ3v) is 2.05. The molecule has 72 valence electrons. The van der Waals surface area contributed by atoms with Crippen molar-refractivity contribution in [1.29, 1.82) is 0 Å². The molecule has 0 unspecified atom stereocenters. The summed E-state index contributed by atoms with van der Waals surface area (Å²) in [7, 11) is 0. The number of hydrogen-bond acceptors (Lipinski definition) is 2. The minimum absolute atomic E-state index is 0.0426. The zero-order valence-corrected chi connectivity index (χ0v) is 8.05. The van der Waals surface area contributed by atoms with E-state index in [1.807, 2.05) is 0 Å². The first kappa shape index (κ1) is 9.96. The van der Waals surface area contributed by atoms with Crippen molar-refractivity contribution in [3.05, 3.63) is 28.4 Å². The Morgan fingerprint density at radius 2 is 2.23 bits per heavy atom. The fourth-order valence-electron chi connectivity index (χ4n) is 1.28. The van der Waals surface area contributed by atoms with E-state index in [9.17, 15) is 4.79 Å². The molecular formula is C10H16N2O. The van der Waals surface area contributed by atoms with Crippen LogP contribution >= 0.6 is 0 Å². The second kappa shape index (κ2) is 5.51. The van der Waals surface area contributed by atoms with Crippen molar-refractivity contribution in [2.75, 3.05) is 0 Å². The van der Waals surface area contributed by atoms with Gasteiger partial charge in [0, 0.05) is 12.4 Å². The summed E-state index contributed by atoms with van der Waals surface area (Å²) in [5.41, 5.74) is 0.623. The van der Waals surface area contributed by atoms with E-state index < -0.39 is 0 Å². The van der Waals surface area contributed by atoms with Crippen LogP contribution in [0.5, 0.6) is 0 Å². The van der Waals surface area contributed by atoms with E-state index in [4.69, 9.17) is 0 Å². The van der Waals surface area contributed by atoms with Crippen molar-refractivity contribution in [2.24, 2.45) is 0 Å². The average Bonchev–Trinajstić information content (AvgIpc) is 2.15. The van der Waals surface area contributed by atoms with Crippen molar-refractivity contribution in [3.63, 3.8) is 0 Å². The first-order chi connectivity index (χ1) is 6.34. The Labute approximate surface area is 78.2 Å². The van der Waals surface area contributed by atoms with Gasteiger partial charge in [0.25, 0.3) is 5.56 Å². The molecular weight excluding hydrogens is 164 g/mol. The highest BCUT2D eigenvalue weighted by molar-refractivity contribution is 4.95. The quantitative estimate of drug-likeness (QED) is 0.703. The summed E-state index contributed by atoms with van der Waals surface area (Å²) in [6, 6.07) is 0. The molecule has 0 saturated carbocycles. The maximum absolute atomic E-state index is 11.2. The summed E-state index contributed by atoms with van der Waals surface area (Å²) in [5, 5.41) is 0. The molecule has 0 fully saturated rings. The fourth-order valence-corrected chi connectivity index (χ4v) is 1.28. The summed E-state index contributed by atoms with van der Waals surface area (Å²) in [4.78, 5) is 17.8. The summed E-state index contributed by atoms with van der Waals surface area (Å²) >= 11 is 0. The number of unbranched alkanes of at least 4 members (excludes halogenated alkanes) is 3. The second-order valence-electron chi connectivity index (χ2n) is 3.18. The van der Waals surface area contributed by atoms with Crippen molar-refractivity contribution < 1.29 is 0 Å². The number of hydrogen-bond donors (Lipinski definition) is 1. The molecule has 0 bridgehead atoms. The normalized spacial score (nSPS) is 10.2. The predicted molar refractivity (Wildman–Crippen MR) is 52.7 cm³/mol. The standard InChI is InChI=1S/C10H16N2O/c1-2-3-4-5-6-9-10(13)12-8-7-11-9/h7-8H,2-6H2,1H3,(H,12,13). The minimum Gasteiger partial charge on any atom is -0.326 e. The lowest BCUT2D eigenvalue weighted by atomic mass is 10.1. The third kappa shape index (κ3) is 3.40. The Morgan fingerprint density at radius 3 is 2.92 bits per heavy atom. The molecule has 0 atom stereocenters. The number of nitrogens with zero attached hydrogens (tertiary/aromatic N) is 1. The Morgan fingerprint density at radius 1 is 1.38 bits per heavy atom. The van der Waals surface area contributed by atoms with Crippen LogP contribution in [0.4, 0.5) is 0 Å². The van der Waals surface area contributed by atoms with Crippen LogP contribution < -0.4 is 5.56 Å². The maximum Gasteiger partial charge on any atom is 0.269 e. The van der Waals surface area contributed by atoms with E-state index in [-0.39, 0.29) is 5.56 Å². The molecule has 3 heteroatoms. The van der Waals surface area contributed by atoms with Crippen molar-refractivity contribution in [1.82, 2.24) is 9.97 Å². The van der Waals surface area contributed by atoms with Gasteiger partial charge >= 0.3 is 0 Å². The molecule has 0 aliphatic carbocycles. The van der Waals surface area contributed by atoms with Crippen LogP contribution in [-0.2, 0) is 6.42 Å². The van der Waals surface area contributed by atoms with E-state index in [1.165, 1.54) is 19.3 Å². The highest BCUT2D eigenvalue weighted by Crippen LogP contribution is 2.01. The van der Waals surface area contributed by atoms with Gasteiger partial charge in [0.1, 0.15) is 5.69 Å². The number of H-pyrrole nitrogens is 1. The van der Waals surface area contributed by atoms with Crippen LogP contribution in [0.2, 0.25) is 0 Å². The lowest BCUT2D eigenvalue weighted by Crippen LogP contribution is -2.13. The second-order valence-corrected chi connectivity index (χ2v) is 3.18. The first-order valence-electron chi connectivity index (χ1n) is 4.87. The monoisotopic (exact) mass is 180 g/mol. The summed E-state index contributed by atoms with van der Waals surface area (Å²) < 4.78 is 0. The third-order valence-electron chi connectivity index (χ3n) is 2.05. The number of rotatable bonds is 5. The Hall–Kier alpha value is -1.12. The van der Waals surface area contributed by atoms with Crippen LogP contribution in [0.25, 0.3) is 0 Å². The van der Waals surface area contributed by atoms with Gasteiger partial charge < -0.3 is 4.98 Å². The number of aromatic nitrogens is 2. The zero-order chi connectivity index (χ0) is 9.52. The van der Waals surface area contributed by atoms with E-state index in [0.717, 1.165) is 12.8 Å².